The van der Waals surface area contributed by atoms with E-state index in [-0.39, 0.29) is 5.92 Å². The zero-order valence-corrected chi connectivity index (χ0v) is 23.2. The second-order valence-electron chi connectivity index (χ2n) is 11.5. The normalized spacial score (nSPS) is 15.3. The standard InChI is InChI=1S/C30H31N7O4/c1-30(2,3)41-29(40)35-26(18-9-16-7-5-6-8-17(16)10-18)28(39)33-20-11-21-24-22(14-31-36-27(21)38)25(34-23(24)12-20)19-13-32-37(4)15-19/h5-8,11-15,18,26,34H,9-10H2,1-4H3,(H,33,39)(H,35,40)(H,36,38). The number of ether oxygens (including phenoxy) is 1. The van der Waals surface area contributed by atoms with E-state index in [0.717, 1.165) is 27.9 Å². The average Bonchev–Trinajstić information content (AvgIpc) is 3.59. The number of aromatic amines is 1. The minimum atomic E-state index is -0.866. The summed E-state index contributed by atoms with van der Waals surface area (Å²) in [5, 5.41) is 14.8. The lowest BCUT2D eigenvalue weighted by molar-refractivity contribution is -0.119. The number of aromatic nitrogens is 3. The Morgan fingerprint density at radius 3 is 2.54 bits per heavy atom. The molecule has 2 aromatic heterocycles. The van der Waals surface area contributed by atoms with Crippen molar-refractivity contribution in [1.82, 2.24) is 25.5 Å². The maximum Gasteiger partial charge on any atom is 0.408 e. The van der Waals surface area contributed by atoms with Crippen LogP contribution in [0.5, 0.6) is 0 Å². The van der Waals surface area contributed by atoms with Crippen molar-refractivity contribution in [2.45, 2.75) is 45.3 Å². The zero-order chi connectivity index (χ0) is 28.9. The number of anilines is 1. The molecule has 2 aliphatic rings. The largest absolute Gasteiger partial charge is 0.444 e. The van der Waals surface area contributed by atoms with Gasteiger partial charge in [0, 0.05) is 41.0 Å². The first-order chi connectivity index (χ1) is 19.6. The number of nitrogens with one attached hydrogen (secondary N) is 4. The minimum absolute atomic E-state index is 0.170. The molecule has 0 spiro atoms. The highest BCUT2D eigenvalue weighted by molar-refractivity contribution is 6.18. The Bertz CT molecular complexity index is 1700. The third kappa shape index (κ3) is 5.18. The molecule has 0 radical (unpaired) electrons. The van der Waals surface area contributed by atoms with Gasteiger partial charge in [-0.2, -0.15) is 10.2 Å². The summed E-state index contributed by atoms with van der Waals surface area (Å²) in [6.07, 6.45) is 5.81. The predicted molar refractivity (Wildman–Crippen MR) is 155 cm³/mol. The lowest BCUT2D eigenvalue weighted by Crippen LogP contribution is -2.50. The van der Waals surface area contributed by atoms with E-state index in [4.69, 9.17) is 4.74 Å². The van der Waals surface area contributed by atoms with Crippen LogP contribution in [0.25, 0.3) is 22.2 Å². The lowest BCUT2D eigenvalue weighted by atomic mass is 9.95. The van der Waals surface area contributed by atoms with Gasteiger partial charge in [0.15, 0.2) is 0 Å². The molecule has 0 fully saturated rings. The van der Waals surface area contributed by atoms with Gasteiger partial charge in [0.2, 0.25) is 5.91 Å². The fraction of sp³-hybridized carbons (Fsp3) is 0.300. The molecule has 4 aromatic rings. The lowest BCUT2D eigenvalue weighted by Gasteiger charge is -2.26. The molecule has 1 unspecified atom stereocenters. The third-order valence-corrected chi connectivity index (χ3v) is 7.31. The van der Waals surface area contributed by atoms with E-state index in [2.05, 4.69) is 31.2 Å². The molecule has 11 nitrogen and oxygen atoms in total. The van der Waals surface area contributed by atoms with Crippen LogP contribution in [0.3, 0.4) is 0 Å². The van der Waals surface area contributed by atoms with Crippen LogP contribution < -0.4 is 16.1 Å². The first-order valence-electron chi connectivity index (χ1n) is 13.4. The van der Waals surface area contributed by atoms with Gasteiger partial charge in [-0.05, 0) is 62.8 Å². The van der Waals surface area contributed by atoms with Crippen LogP contribution in [0.1, 0.15) is 47.8 Å². The number of aryl methyl sites for hydroxylation is 1. The minimum Gasteiger partial charge on any atom is -0.444 e. The first kappa shape index (κ1) is 26.3. The molecule has 11 heteroatoms. The summed E-state index contributed by atoms with van der Waals surface area (Å²) in [5.74, 6) is -0.964. The summed E-state index contributed by atoms with van der Waals surface area (Å²) in [6.45, 7) is 5.32. The number of carbonyl (C=O) groups excluding carboxylic acids is 3. The molecular weight excluding hydrogens is 522 g/mol. The molecule has 1 aliphatic carbocycles. The van der Waals surface area contributed by atoms with Crippen LogP contribution in [0, 0.1) is 5.92 Å². The SMILES string of the molecule is Cn1cc(-c2[nH]c3cc(NC(=O)C(NC(=O)OC(C)(C)C)C4Cc5ccccc5C4)cc4c3c2C=NNC4=O)cn1. The third-order valence-electron chi connectivity index (χ3n) is 7.31. The summed E-state index contributed by atoms with van der Waals surface area (Å²) in [4.78, 5) is 43.0. The van der Waals surface area contributed by atoms with Crippen LogP contribution in [-0.4, -0.2) is 50.5 Å². The maximum absolute atomic E-state index is 13.8. The summed E-state index contributed by atoms with van der Waals surface area (Å²) < 4.78 is 7.18. The van der Waals surface area contributed by atoms with Crippen molar-refractivity contribution in [3.8, 4) is 11.3 Å². The monoisotopic (exact) mass is 553 g/mol. The van der Waals surface area contributed by atoms with E-state index in [9.17, 15) is 14.4 Å². The van der Waals surface area contributed by atoms with E-state index >= 15 is 0 Å². The van der Waals surface area contributed by atoms with Crippen LogP contribution >= 0.6 is 0 Å². The Kier molecular flexibility index (Phi) is 6.36. The number of amides is 3. The number of rotatable bonds is 5. The van der Waals surface area contributed by atoms with Crippen molar-refractivity contribution < 1.29 is 19.1 Å². The molecule has 0 saturated heterocycles. The maximum atomic E-state index is 13.8. The summed E-state index contributed by atoms with van der Waals surface area (Å²) >= 11 is 0. The van der Waals surface area contributed by atoms with Gasteiger partial charge in [-0.1, -0.05) is 24.3 Å². The molecule has 210 valence electrons. The van der Waals surface area contributed by atoms with Gasteiger partial charge >= 0.3 is 6.09 Å². The van der Waals surface area contributed by atoms with Crippen LogP contribution in [0.4, 0.5) is 10.5 Å². The molecule has 4 N–H and O–H groups in total. The van der Waals surface area contributed by atoms with E-state index in [1.54, 1.807) is 50.0 Å². The highest BCUT2D eigenvalue weighted by Gasteiger charge is 2.36. The number of hydrogen-bond acceptors (Lipinski definition) is 6. The number of hydrogen-bond donors (Lipinski definition) is 4. The molecule has 41 heavy (non-hydrogen) atoms. The van der Waals surface area contributed by atoms with E-state index in [1.807, 2.05) is 37.5 Å². The van der Waals surface area contributed by atoms with Crippen molar-refractivity contribution in [2.75, 3.05) is 5.32 Å². The fourth-order valence-corrected chi connectivity index (χ4v) is 5.61. The van der Waals surface area contributed by atoms with Crippen LogP contribution in [-0.2, 0) is 29.4 Å². The van der Waals surface area contributed by atoms with E-state index < -0.39 is 29.6 Å². The van der Waals surface area contributed by atoms with Crippen molar-refractivity contribution in [2.24, 2.45) is 18.1 Å². The van der Waals surface area contributed by atoms with Gasteiger partial charge in [0.25, 0.3) is 5.91 Å². The topological polar surface area (TPSA) is 142 Å². The van der Waals surface area contributed by atoms with Crippen LogP contribution in [0.2, 0.25) is 0 Å². The Hall–Kier alpha value is -4.93. The molecule has 6 rings (SSSR count). The highest BCUT2D eigenvalue weighted by Crippen LogP contribution is 2.35. The van der Waals surface area contributed by atoms with Crippen molar-refractivity contribution in [1.29, 1.82) is 0 Å². The summed E-state index contributed by atoms with van der Waals surface area (Å²) in [6, 6.07) is 10.6. The predicted octanol–water partition coefficient (Wildman–Crippen LogP) is 3.89. The summed E-state index contributed by atoms with van der Waals surface area (Å²) in [5.41, 5.74) is 7.88. The number of carbonyl (C=O) groups is 3. The van der Waals surface area contributed by atoms with Gasteiger partial charge in [0.05, 0.1) is 23.7 Å². The average molecular weight is 554 g/mol. The molecule has 3 amide bonds. The Balaban J connectivity index is 1.34. The number of H-pyrrole nitrogens is 1. The summed E-state index contributed by atoms with van der Waals surface area (Å²) in [7, 11) is 1.83. The van der Waals surface area contributed by atoms with Gasteiger partial charge in [-0.15, -0.1) is 0 Å². The van der Waals surface area contributed by atoms with Crippen LogP contribution in [0.15, 0.2) is 53.9 Å². The molecule has 1 atom stereocenters. The number of hydrazone groups is 1. The van der Waals surface area contributed by atoms with E-state index in [1.165, 1.54) is 0 Å². The quantitative estimate of drug-likeness (QED) is 0.297. The molecular formula is C30H31N7O4. The van der Waals surface area contributed by atoms with Gasteiger partial charge in [-0.3, -0.25) is 14.3 Å². The molecule has 1 aliphatic heterocycles. The smallest absolute Gasteiger partial charge is 0.408 e. The van der Waals surface area contributed by atoms with E-state index in [0.29, 0.717) is 35.0 Å². The second-order valence-corrected chi connectivity index (χ2v) is 11.5. The van der Waals surface area contributed by atoms with Crippen molar-refractivity contribution in [3.05, 3.63) is 71.0 Å². The van der Waals surface area contributed by atoms with Gasteiger partial charge < -0.3 is 20.4 Å². The zero-order valence-electron chi connectivity index (χ0n) is 23.2. The highest BCUT2D eigenvalue weighted by atomic mass is 16.6. The molecule has 3 heterocycles. The van der Waals surface area contributed by atoms with Crippen molar-refractivity contribution >= 4 is 40.7 Å². The Morgan fingerprint density at radius 2 is 1.88 bits per heavy atom. The van der Waals surface area contributed by atoms with Gasteiger partial charge in [-0.25, -0.2) is 10.2 Å². The second kappa shape index (κ2) is 9.92. The number of alkyl carbamates (subject to hydrolysis) is 1. The first-order valence-corrected chi connectivity index (χ1v) is 13.4. The molecule has 2 aromatic carbocycles. The number of fused-ring (bicyclic) bond motifs is 1. The van der Waals surface area contributed by atoms with Gasteiger partial charge in [0.1, 0.15) is 11.6 Å². The number of benzene rings is 2. The van der Waals surface area contributed by atoms with Crippen molar-refractivity contribution in [3.63, 3.8) is 0 Å². The molecule has 0 bridgehead atoms. The molecule has 0 saturated carbocycles. The Labute approximate surface area is 236 Å². The fourth-order valence-electron chi connectivity index (χ4n) is 5.61. The Morgan fingerprint density at radius 1 is 1.15 bits per heavy atom. The number of nitrogens with zero attached hydrogens (tertiary/aromatic N) is 3.